The van der Waals surface area contributed by atoms with Gasteiger partial charge in [0.15, 0.2) is 5.65 Å². The highest BCUT2D eigenvalue weighted by Crippen LogP contribution is 2.21. The highest BCUT2D eigenvalue weighted by Gasteiger charge is 2.23. The van der Waals surface area contributed by atoms with Gasteiger partial charge in [0.05, 0.1) is 41.1 Å². The van der Waals surface area contributed by atoms with Crippen molar-refractivity contribution in [1.29, 1.82) is 0 Å². The molecule has 40 heavy (non-hydrogen) atoms. The Hall–Kier alpha value is -4.86. The molecule has 0 saturated heterocycles. The lowest BCUT2D eigenvalue weighted by Gasteiger charge is -2.20. The van der Waals surface area contributed by atoms with Crippen molar-refractivity contribution in [2.75, 3.05) is 12.8 Å². The Morgan fingerprint density at radius 1 is 1.10 bits per heavy atom. The van der Waals surface area contributed by atoms with Crippen molar-refractivity contribution >= 4 is 32.5 Å². The fourth-order valence-electron chi connectivity index (χ4n) is 4.35. The molecule has 0 unspecified atom stereocenters. The Morgan fingerprint density at radius 2 is 1.88 bits per heavy atom. The highest BCUT2D eigenvalue weighted by atomic mass is 32.2. The molecule has 11 nitrogen and oxygen atoms in total. The number of hydrogen-bond donors (Lipinski definition) is 2. The van der Waals surface area contributed by atoms with E-state index >= 15 is 0 Å². The molecule has 2 aromatic carbocycles. The Bertz CT molecular complexity index is 1990. The molecular formula is C28H25N7O4S. The molecule has 5 rings (SSSR count). The molecule has 0 saturated carbocycles. The molecule has 3 aromatic heterocycles. The molecule has 0 radical (unpaired) electrons. The van der Waals surface area contributed by atoms with E-state index in [2.05, 4.69) is 31.8 Å². The molecular weight excluding hydrogens is 530 g/mol. The van der Waals surface area contributed by atoms with Crippen LogP contribution in [0.4, 0.5) is 0 Å². The minimum atomic E-state index is -3.40. The van der Waals surface area contributed by atoms with Gasteiger partial charge in [-0.05, 0) is 38.1 Å². The number of carbonyl (C=O) groups excluding carboxylic acids is 1. The number of hydrogen-bond acceptors (Lipinski definition) is 7. The number of amides is 1. The monoisotopic (exact) mass is 555 g/mol. The van der Waals surface area contributed by atoms with Crippen molar-refractivity contribution in [1.82, 2.24) is 34.0 Å². The van der Waals surface area contributed by atoms with Crippen LogP contribution in [0.5, 0.6) is 0 Å². The maximum Gasteiger partial charge on any atom is 0.267 e. The zero-order chi connectivity index (χ0) is 28.4. The molecule has 1 amide bonds. The second-order valence-electron chi connectivity index (χ2n) is 9.10. The van der Waals surface area contributed by atoms with E-state index in [1.54, 1.807) is 79.4 Å². The first-order valence-corrected chi connectivity index (χ1v) is 14.2. The topological polar surface area (TPSA) is 140 Å². The van der Waals surface area contributed by atoms with E-state index in [4.69, 9.17) is 4.98 Å². The van der Waals surface area contributed by atoms with Gasteiger partial charge in [-0.15, -0.1) is 0 Å². The third kappa shape index (κ3) is 5.33. The summed E-state index contributed by atoms with van der Waals surface area (Å²) in [7, 11) is -3.40. The molecule has 0 bridgehead atoms. The largest absolute Gasteiger partial charge is 0.342 e. The number of aromatic nitrogens is 5. The number of fused-ring (bicyclic) bond motifs is 2. The third-order valence-corrected chi connectivity index (χ3v) is 6.84. The van der Waals surface area contributed by atoms with Gasteiger partial charge < -0.3 is 5.32 Å². The maximum absolute atomic E-state index is 14.0. The zero-order valence-electron chi connectivity index (χ0n) is 21.9. The number of para-hydroxylation sites is 1. The molecule has 202 valence electrons. The van der Waals surface area contributed by atoms with E-state index in [1.807, 2.05) is 6.07 Å². The smallest absolute Gasteiger partial charge is 0.267 e. The molecule has 0 aliphatic heterocycles. The lowest BCUT2D eigenvalue weighted by Crippen LogP contribution is -2.34. The molecule has 0 aliphatic rings. The summed E-state index contributed by atoms with van der Waals surface area (Å²) in [5.41, 5.74) is 2.31. The summed E-state index contributed by atoms with van der Waals surface area (Å²) in [4.78, 5) is 40.9. The van der Waals surface area contributed by atoms with Gasteiger partial charge in [-0.2, -0.15) is 0 Å². The number of nitrogens with one attached hydrogen (secondary N) is 2. The van der Waals surface area contributed by atoms with E-state index < -0.39 is 22.0 Å². The second kappa shape index (κ2) is 10.7. The molecule has 0 fully saturated rings. The van der Waals surface area contributed by atoms with Gasteiger partial charge in [0.25, 0.3) is 11.5 Å². The first kappa shape index (κ1) is 26.7. The van der Waals surface area contributed by atoms with Crippen LogP contribution < -0.4 is 15.6 Å². The van der Waals surface area contributed by atoms with Gasteiger partial charge in [0.2, 0.25) is 10.0 Å². The summed E-state index contributed by atoms with van der Waals surface area (Å²) < 4.78 is 28.2. The minimum absolute atomic E-state index is 0.103. The van der Waals surface area contributed by atoms with Crippen LogP contribution in [-0.4, -0.2) is 51.0 Å². The number of benzene rings is 2. The van der Waals surface area contributed by atoms with Crippen molar-refractivity contribution in [3.8, 4) is 17.5 Å². The number of aryl methyl sites for hydroxylation is 1. The number of imidazole rings is 1. The first-order chi connectivity index (χ1) is 19.1. The van der Waals surface area contributed by atoms with Crippen LogP contribution in [0, 0.1) is 18.8 Å². The van der Waals surface area contributed by atoms with E-state index in [0.29, 0.717) is 39.5 Å². The SMILES string of the molecule is Cc1ncn2ccnc2c1C(=O)N[C@H](C)c1nc2cccc(C#CCNS(C)(=O)=O)c2c(=O)n1-c1ccccc1. The van der Waals surface area contributed by atoms with Crippen molar-refractivity contribution in [2.24, 2.45) is 0 Å². The van der Waals surface area contributed by atoms with Gasteiger partial charge >= 0.3 is 0 Å². The summed E-state index contributed by atoms with van der Waals surface area (Å²) in [6, 6.07) is 13.4. The predicted octanol–water partition coefficient (Wildman–Crippen LogP) is 2.13. The van der Waals surface area contributed by atoms with Crippen LogP contribution in [-0.2, 0) is 10.0 Å². The van der Waals surface area contributed by atoms with Gasteiger partial charge in [-0.3, -0.25) is 18.6 Å². The van der Waals surface area contributed by atoms with E-state index in [1.165, 1.54) is 4.57 Å². The molecule has 0 aliphatic carbocycles. The molecule has 5 aromatic rings. The average molecular weight is 556 g/mol. The van der Waals surface area contributed by atoms with Gasteiger partial charge in [0, 0.05) is 18.0 Å². The van der Waals surface area contributed by atoms with Crippen molar-refractivity contribution < 1.29 is 13.2 Å². The zero-order valence-corrected chi connectivity index (χ0v) is 22.7. The van der Waals surface area contributed by atoms with Crippen LogP contribution >= 0.6 is 0 Å². The Balaban J connectivity index is 1.61. The van der Waals surface area contributed by atoms with E-state index in [0.717, 1.165) is 6.26 Å². The molecule has 3 heterocycles. The molecule has 2 N–H and O–H groups in total. The Kier molecular flexibility index (Phi) is 7.17. The molecule has 0 spiro atoms. The van der Waals surface area contributed by atoms with Crippen LogP contribution in [0.25, 0.3) is 22.2 Å². The van der Waals surface area contributed by atoms with Gasteiger partial charge in [-0.1, -0.05) is 36.1 Å². The standard InChI is InChI=1S/C28H25N7O4S/c1-18-23(26-29-15-16-34(26)17-30-18)27(36)32-19(2)25-33-22-13-7-9-20(10-8-14-31-40(3,38)39)24(22)28(37)35(25)21-11-5-4-6-12-21/h4-7,9,11-13,15-17,19,31H,14H2,1-3H3,(H,32,36)/t19-/m1/s1. The van der Waals surface area contributed by atoms with E-state index in [9.17, 15) is 18.0 Å². The molecule has 12 heteroatoms. The highest BCUT2D eigenvalue weighted by molar-refractivity contribution is 7.88. The predicted molar refractivity (Wildman–Crippen MR) is 151 cm³/mol. The fraction of sp³-hybridized carbons (Fsp3) is 0.179. The lowest BCUT2D eigenvalue weighted by molar-refractivity contribution is 0.0938. The lowest BCUT2D eigenvalue weighted by atomic mass is 10.1. The average Bonchev–Trinajstić information content (AvgIpc) is 3.39. The van der Waals surface area contributed by atoms with Crippen molar-refractivity contribution in [3.05, 3.63) is 100 Å². The summed E-state index contributed by atoms with van der Waals surface area (Å²) >= 11 is 0. The summed E-state index contributed by atoms with van der Waals surface area (Å²) in [5, 5.41) is 3.24. The van der Waals surface area contributed by atoms with Crippen molar-refractivity contribution in [3.63, 3.8) is 0 Å². The third-order valence-electron chi connectivity index (χ3n) is 6.18. The van der Waals surface area contributed by atoms with Crippen LogP contribution in [0.1, 0.15) is 40.4 Å². The maximum atomic E-state index is 14.0. The number of sulfonamides is 1. The molecule has 1 atom stereocenters. The number of carbonyl (C=O) groups is 1. The Morgan fingerprint density at radius 3 is 2.62 bits per heavy atom. The van der Waals surface area contributed by atoms with E-state index in [-0.39, 0.29) is 17.5 Å². The van der Waals surface area contributed by atoms with Crippen LogP contribution in [0.2, 0.25) is 0 Å². The van der Waals surface area contributed by atoms with Gasteiger partial charge in [0.1, 0.15) is 17.7 Å². The quantitative estimate of drug-likeness (QED) is 0.306. The summed E-state index contributed by atoms with van der Waals surface area (Å²) in [6.07, 6.45) is 5.93. The number of nitrogens with zero attached hydrogens (tertiary/aromatic N) is 5. The number of rotatable bonds is 6. The first-order valence-electron chi connectivity index (χ1n) is 12.3. The minimum Gasteiger partial charge on any atom is -0.342 e. The Labute approximate surface area is 230 Å². The summed E-state index contributed by atoms with van der Waals surface area (Å²) in [6.45, 7) is 3.38. The second-order valence-corrected chi connectivity index (χ2v) is 10.9. The van der Waals surface area contributed by atoms with Gasteiger partial charge in [-0.25, -0.2) is 28.1 Å². The van der Waals surface area contributed by atoms with Crippen LogP contribution in [0.3, 0.4) is 0 Å². The fourth-order valence-corrected chi connectivity index (χ4v) is 4.68. The summed E-state index contributed by atoms with van der Waals surface area (Å²) in [5.74, 6) is 5.56. The van der Waals surface area contributed by atoms with Crippen molar-refractivity contribution in [2.45, 2.75) is 19.9 Å². The normalized spacial score (nSPS) is 12.2. The van der Waals surface area contributed by atoms with Crippen LogP contribution in [0.15, 0.2) is 72.0 Å².